The zero-order valence-electron chi connectivity index (χ0n) is 13.1. The predicted octanol–water partition coefficient (Wildman–Crippen LogP) is 2.44. The number of benzene rings is 1. The molecular formula is C17H24N2O2. The lowest BCUT2D eigenvalue weighted by Crippen LogP contribution is -2.77. The summed E-state index contributed by atoms with van der Waals surface area (Å²) in [5, 5.41) is 3.52. The van der Waals surface area contributed by atoms with E-state index in [9.17, 15) is 4.79 Å². The summed E-state index contributed by atoms with van der Waals surface area (Å²) in [5.74, 6) is 0. The molecule has 0 aromatic heterocycles. The Hall–Kier alpha value is -1.55. The highest BCUT2D eigenvalue weighted by molar-refractivity contribution is 5.69. The zero-order valence-corrected chi connectivity index (χ0v) is 13.1. The van der Waals surface area contributed by atoms with Crippen molar-refractivity contribution in [1.82, 2.24) is 10.2 Å². The molecule has 0 bridgehead atoms. The summed E-state index contributed by atoms with van der Waals surface area (Å²) >= 11 is 0. The number of carbonyl (C=O) groups is 1. The molecule has 2 saturated heterocycles. The average Bonchev–Trinajstić information content (AvgIpc) is 2.32. The second kappa shape index (κ2) is 5.02. The van der Waals surface area contributed by atoms with Gasteiger partial charge in [0.1, 0.15) is 5.60 Å². The summed E-state index contributed by atoms with van der Waals surface area (Å²) in [4.78, 5) is 13.8. The number of hydrogen-bond acceptors (Lipinski definition) is 3. The summed E-state index contributed by atoms with van der Waals surface area (Å²) in [6.07, 6.45) is 0.849. The molecule has 114 valence electrons. The van der Waals surface area contributed by atoms with Gasteiger partial charge in [-0.3, -0.25) is 0 Å². The monoisotopic (exact) mass is 288 g/mol. The van der Waals surface area contributed by atoms with E-state index < -0.39 is 5.60 Å². The van der Waals surface area contributed by atoms with Crippen LogP contribution in [0, 0.1) is 5.41 Å². The molecular weight excluding hydrogens is 264 g/mol. The highest BCUT2D eigenvalue weighted by Crippen LogP contribution is 2.41. The molecule has 0 unspecified atom stereocenters. The normalized spacial score (nSPS) is 23.4. The molecule has 1 N–H and O–H groups in total. The van der Waals surface area contributed by atoms with Crippen molar-refractivity contribution in [2.45, 2.75) is 38.8 Å². The third kappa shape index (κ3) is 2.91. The van der Waals surface area contributed by atoms with Gasteiger partial charge in [0.15, 0.2) is 0 Å². The minimum absolute atomic E-state index is 0.182. The molecule has 0 aliphatic carbocycles. The molecule has 3 rings (SSSR count). The summed E-state index contributed by atoms with van der Waals surface area (Å²) in [7, 11) is 0. The SMILES string of the molecule is CC(C)(C)OC(=O)N1CC2(CN[C@@H]2Cc2ccccc2)C1. The Morgan fingerprint density at radius 1 is 1.33 bits per heavy atom. The summed E-state index contributed by atoms with van der Waals surface area (Å²) < 4.78 is 5.42. The van der Waals surface area contributed by atoms with E-state index >= 15 is 0 Å². The molecule has 1 aromatic carbocycles. The lowest BCUT2D eigenvalue weighted by Gasteiger charge is -2.60. The van der Waals surface area contributed by atoms with E-state index in [0.29, 0.717) is 6.04 Å². The maximum absolute atomic E-state index is 12.0. The third-order valence-corrected chi connectivity index (χ3v) is 4.39. The van der Waals surface area contributed by atoms with Crippen LogP contribution in [0.1, 0.15) is 26.3 Å². The van der Waals surface area contributed by atoms with Gasteiger partial charge in [0, 0.05) is 31.1 Å². The Kier molecular flexibility index (Phi) is 3.44. The lowest BCUT2D eigenvalue weighted by atomic mass is 9.66. The van der Waals surface area contributed by atoms with Gasteiger partial charge >= 0.3 is 6.09 Å². The van der Waals surface area contributed by atoms with Crippen LogP contribution in [-0.2, 0) is 11.2 Å². The first-order valence-corrected chi connectivity index (χ1v) is 7.63. The molecule has 0 saturated carbocycles. The maximum atomic E-state index is 12.0. The fraction of sp³-hybridized carbons (Fsp3) is 0.588. The van der Waals surface area contributed by atoms with Crippen molar-refractivity contribution in [3.05, 3.63) is 35.9 Å². The Balaban J connectivity index is 1.54. The van der Waals surface area contributed by atoms with Gasteiger partial charge in [0.25, 0.3) is 0 Å². The second-order valence-corrected chi connectivity index (χ2v) is 7.32. The van der Waals surface area contributed by atoms with Crippen LogP contribution in [0.5, 0.6) is 0 Å². The standard InChI is InChI=1S/C17H24N2O2/c1-16(2,3)21-15(20)19-11-17(12-19)10-18-14(17)9-13-7-5-4-6-8-13/h4-8,14,18H,9-12H2,1-3H3/t14-/m1/s1. The fourth-order valence-electron chi connectivity index (χ4n) is 3.18. The Morgan fingerprint density at radius 3 is 2.52 bits per heavy atom. The van der Waals surface area contributed by atoms with Crippen LogP contribution >= 0.6 is 0 Å². The van der Waals surface area contributed by atoms with Crippen LogP contribution in [0.3, 0.4) is 0 Å². The van der Waals surface area contributed by atoms with Gasteiger partial charge in [-0.15, -0.1) is 0 Å². The molecule has 1 atom stereocenters. The maximum Gasteiger partial charge on any atom is 0.410 e. The van der Waals surface area contributed by atoms with E-state index in [1.54, 1.807) is 0 Å². The number of hydrogen-bond donors (Lipinski definition) is 1. The first kappa shape index (κ1) is 14.4. The molecule has 1 spiro atoms. The van der Waals surface area contributed by atoms with Crippen molar-refractivity contribution < 1.29 is 9.53 Å². The van der Waals surface area contributed by atoms with Gasteiger partial charge in [0.2, 0.25) is 0 Å². The quantitative estimate of drug-likeness (QED) is 0.909. The fourth-order valence-corrected chi connectivity index (χ4v) is 3.18. The van der Waals surface area contributed by atoms with Gasteiger partial charge in [-0.05, 0) is 32.8 Å². The van der Waals surface area contributed by atoms with Gasteiger partial charge < -0.3 is 15.0 Å². The predicted molar refractivity (Wildman–Crippen MR) is 82.2 cm³/mol. The number of rotatable bonds is 2. The van der Waals surface area contributed by atoms with Crippen molar-refractivity contribution in [2.75, 3.05) is 19.6 Å². The molecule has 2 aliphatic heterocycles. The second-order valence-electron chi connectivity index (χ2n) is 7.32. The van der Waals surface area contributed by atoms with Crippen LogP contribution in [0.4, 0.5) is 4.79 Å². The Labute approximate surface area is 126 Å². The molecule has 2 aliphatic rings. The summed E-state index contributed by atoms with van der Waals surface area (Å²) in [6, 6.07) is 11.0. The van der Waals surface area contributed by atoms with Crippen molar-refractivity contribution >= 4 is 6.09 Å². The Morgan fingerprint density at radius 2 is 2.00 bits per heavy atom. The molecule has 2 fully saturated rings. The average molecular weight is 288 g/mol. The van der Waals surface area contributed by atoms with Gasteiger partial charge in [0.05, 0.1) is 0 Å². The zero-order chi connectivity index (χ0) is 15.1. The first-order valence-electron chi connectivity index (χ1n) is 7.63. The number of nitrogens with one attached hydrogen (secondary N) is 1. The van der Waals surface area contributed by atoms with Crippen molar-refractivity contribution in [3.63, 3.8) is 0 Å². The van der Waals surface area contributed by atoms with E-state index in [4.69, 9.17) is 4.74 Å². The van der Waals surface area contributed by atoms with Crippen molar-refractivity contribution in [1.29, 1.82) is 0 Å². The molecule has 2 heterocycles. The highest BCUT2D eigenvalue weighted by Gasteiger charge is 2.56. The number of likely N-dealkylation sites (tertiary alicyclic amines) is 1. The van der Waals surface area contributed by atoms with E-state index in [1.807, 2.05) is 31.7 Å². The van der Waals surface area contributed by atoms with E-state index in [2.05, 4.69) is 29.6 Å². The van der Waals surface area contributed by atoms with Crippen molar-refractivity contribution in [3.8, 4) is 0 Å². The van der Waals surface area contributed by atoms with Crippen molar-refractivity contribution in [2.24, 2.45) is 5.41 Å². The third-order valence-electron chi connectivity index (χ3n) is 4.39. The van der Waals surface area contributed by atoms with E-state index in [1.165, 1.54) is 5.56 Å². The highest BCUT2D eigenvalue weighted by atomic mass is 16.6. The number of nitrogens with zero attached hydrogens (tertiary/aromatic N) is 1. The molecule has 4 nitrogen and oxygen atoms in total. The van der Waals surface area contributed by atoms with Gasteiger partial charge in [-0.25, -0.2) is 4.79 Å². The van der Waals surface area contributed by atoms with Crippen LogP contribution in [0.25, 0.3) is 0 Å². The molecule has 21 heavy (non-hydrogen) atoms. The molecule has 0 radical (unpaired) electrons. The van der Waals surface area contributed by atoms with E-state index in [-0.39, 0.29) is 11.5 Å². The van der Waals surface area contributed by atoms with Crippen LogP contribution in [0.2, 0.25) is 0 Å². The minimum Gasteiger partial charge on any atom is -0.444 e. The van der Waals surface area contributed by atoms with Crippen LogP contribution in [0.15, 0.2) is 30.3 Å². The van der Waals surface area contributed by atoms with Crippen LogP contribution < -0.4 is 5.32 Å². The van der Waals surface area contributed by atoms with Crippen LogP contribution in [-0.4, -0.2) is 42.3 Å². The van der Waals surface area contributed by atoms with E-state index in [0.717, 1.165) is 26.1 Å². The number of carbonyl (C=O) groups excluding carboxylic acids is 1. The summed E-state index contributed by atoms with van der Waals surface area (Å²) in [6.45, 7) is 8.35. The van der Waals surface area contributed by atoms with Gasteiger partial charge in [-0.2, -0.15) is 0 Å². The molecule has 1 amide bonds. The summed E-state index contributed by atoms with van der Waals surface area (Å²) in [5.41, 5.74) is 1.19. The van der Waals surface area contributed by atoms with Gasteiger partial charge in [-0.1, -0.05) is 30.3 Å². The number of ether oxygens (including phenoxy) is 1. The number of amides is 1. The topological polar surface area (TPSA) is 41.6 Å². The molecule has 4 heteroatoms. The first-order chi connectivity index (χ1) is 9.88. The minimum atomic E-state index is -0.416. The largest absolute Gasteiger partial charge is 0.444 e. The smallest absolute Gasteiger partial charge is 0.410 e. The lowest BCUT2D eigenvalue weighted by molar-refractivity contribution is -0.0837. The molecule has 1 aromatic rings. The Bertz CT molecular complexity index is 515.